The molecule has 1 rings (SSSR count). The van der Waals surface area contributed by atoms with Gasteiger partial charge in [-0.25, -0.2) is 0 Å². The number of pyridine rings is 1. The number of nitrogens with one attached hydrogen (secondary N) is 1. The van der Waals surface area contributed by atoms with Crippen LogP contribution >= 0.6 is 11.6 Å². The van der Waals surface area contributed by atoms with Crippen LogP contribution in [-0.2, 0) is 4.74 Å². The summed E-state index contributed by atoms with van der Waals surface area (Å²) in [7, 11) is 1.69. The molecule has 0 saturated carbocycles. The maximum Gasteiger partial charge on any atom is 0.0637 e. The van der Waals surface area contributed by atoms with Crippen molar-refractivity contribution in [3.8, 4) is 0 Å². The smallest absolute Gasteiger partial charge is 0.0637 e. The van der Waals surface area contributed by atoms with Gasteiger partial charge in [0.15, 0.2) is 0 Å². The first-order valence-corrected chi connectivity index (χ1v) is 5.63. The maximum absolute atomic E-state index is 6.09. The maximum atomic E-state index is 6.09. The molecule has 0 amide bonds. The zero-order valence-electron chi connectivity index (χ0n) is 9.61. The average molecular weight is 244 g/mol. The standard InChI is InChI=1S/C11H18ClN3O/c1-8(4-6-16-2)11(15-13)9-3-5-14-7-10(9)12/h3,5,7-8,11,15H,4,6,13H2,1-2H3. The molecule has 3 N–H and O–H groups in total. The number of methoxy groups -OCH3 is 1. The molecule has 0 bridgehead atoms. The predicted octanol–water partition coefficient (Wildman–Crippen LogP) is 1.91. The number of hydrogen-bond acceptors (Lipinski definition) is 4. The molecule has 1 aromatic rings. The molecule has 0 spiro atoms. The number of rotatable bonds is 6. The summed E-state index contributed by atoms with van der Waals surface area (Å²) >= 11 is 6.09. The van der Waals surface area contributed by atoms with E-state index in [9.17, 15) is 0 Å². The Bertz CT molecular complexity index is 322. The quantitative estimate of drug-likeness (QED) is 0.592. The third-order valence-corrected chi connectivity index (χ3v) is 2.98. The largest absolute Gasteiger partial charge is 0.385 e. The molecule has 0 aromatic carbocycles. The second-order valence-corrected chi connectivity index (χ2v) is 4.21. The average Bonchev–Trinajstić information content (AvgIpc) is 2.30. The van der Waals surface area contributed by atoms with Crippen molar-refractivity contribution in [2.75, 3.05) is 13.7 Å². The fraction of sp³-hybridized carbons (Fsp3) is 0.545. The lowest BCUT2D eigenvalue weighted by atomic mass is 9.93. The van der Waals surface area contributed by atoms with Crippen LogP contribution in [0.2, 0.25) is 5.02 Å². The van der Waals surface area contributed by atoms with Crippen LogP contribution in [0.3, 0.4) is 0 Å². The van der Waals surface area contributed by atoms with Gasteiger partial charge < -0.3 is 4.74 Å². The Kier molecular flexibility index (Phi) is 5.69. The second-order valence-electron chi connectivity index (χ2n) is 3.80. The Balaban J connectivity index is 2.77. The summed E-state index contributed by atoms with van der Waals surface area (Å²) in [6.07, 6.45) is 4.27. The lowest BCUT2D eigenvalue weighted by Gasteiger charge is -2.24. The van der Waals surface area contributed by atoms with Crippen molar-refractivity contribution in [1.82, 2.24) is 10.4 Å². The number of hydrogen-bond donors (Lipinski definition) is 2. The molecule has 2 atom stereocenters. The van der Waals surface area contributed by atoms with Crippen LogP contribution in [0.25, 0.3) is 0 Å². The van der Waals surface area contributed by atoms with E-state index in [1.807, 2.05) is 6.07 Å². The number of nitrogens with zero attached hydrogens (tertiary/aromatic N) is 1. The van der Waals surface area contributed by atoms with E-state index in [1.54, 1.807) is 19.5 Å². The highest BCUT2D eigenvalue weighted by Crippen LogP contribution is 2.28. The van der Waals surface area contributed by atoms with Crippen molar-refractivity contribution in [2.45, 2.75) is 19.4 Å². The van der Waals surface area contributed by atoms with Crippen molar-refractivity contribution in [3.63, 3.8) is 0 Å². The van der Waals surface area contributed by atoms with Crippen LogP contribution in [-0.4, -0.2) is 18.7 Å². The van der Waals surface area contributed by atoms with E-state index in [1.165, 1.54) is 0 Å². The molecule has 0 radical (unpaired) electrons. The minimum Gasteiger partial charge on any atom is -0.385 e. The van der Waals surface area contributed by atoms with E-state index in [-0.39, 0.29) is 6.04 Å². The summed E-state index contributed by atoms with van der Waals surface area (Å²) in [5, 5.41) is 0.634. The van der Waals surface area contributed by atoms with Crippen LogP contribution in [0, 0.1) is 5.92 Å². The summed E-state index contributed by atoms with van der Waals surface area (Å²) in [4.78, 5) is 3.96. The second kappa shape index (κ2) is 6.81. The predicted molar refractivity (Wildman–Crippen MR) is 65.0 cm³/mol. The molecule has 1 heterocycles. The molecule has 5 heteroatoms. The van der Waals surface area contributed by atoms with E-state index in [0.29, 0.717) is 17.5 Å². The number of halogens is 1. The third-order valence-electron chi connectivity index (χ3n) is 2.66. The molecule has 2 unspecified atom stereocenters. The van der Waals surface area contributed by atoms with Crippen molar-refractivity contribution in [2.24, 2.45) is 11.8 Å². The lowest BCUT2D eigenvalue weighted by molar-refractivity contribution is 0.170. The summed E-state index contributed by atoms with van der Waals surface area (Å²) in [6.45, 7) is 2.82. The van der Waals surface area contributed by atoms with Gasteiger partial charge >= 0.3 is 0 Å². The first-order valence-electron chi connectivity index (χ1n) is 5.25. The number of ether oxygens (including phenoxy) is 1. The molecular weight excluding hydrogens is 226 g/mol. The van der Waals surface area contributed by atoms with Gasteiger partial charge in [0.2, 0.25) is 0 Å². The molecule has 0 fully saturated rings. The van der Waals surface area contributed by atoms with Gasteiger partial charge in [0.05, 0.1) is 11.1 Å². The Morgan fingerprint density at radius 1 is 1.62 bits per heavy atom. The van der Waals surface area contributed by atoms with Gasteiger partial charge in [-0.1, -0.05) is 18.5 Å². The van der Waals surface area contributed by atoms with Gasteiger partial charge in [0, 0.05) is 26.1 Å². The van der Waals surface area contributed by atoms with Crippen molar-refractivity contribution >= 4 is 11.6 Å². The summed E-state index contributed by atoms with van der Waals surface area (Å²) < 4.78 is 5.06. The number of aromatic nitrogens is 1. The lowest BCUT2D eigenvalue weighted by Crippen LogP contribution is -2.33. The van der Waals surface area contributed by atoms with Crippen LogP contribution in [0.5, 0.6) is 0 Å². The van der Waals surface area contributed by atoms with E-state index >= 15 is 0 Å². The number of nitrogens with two attached hydrogens (primary N) is 1. The molecule has 16 heavy (non-hydrogen) atoms. The van der Waals surface area contributed by atoms with Crippen molar-refractivity contribution in [1.29, 1.82) is 0 Å². The first-order chi connectivity index (χ1) is 7.70. The van der Waals surface area contributed by atoms with E-state index in [0.717, 1.165) is 12.0 Å². The zero-order chi connectivity index (χ0) is 12.0. The van der Waals surface area contributed by atoms with Crippen LogP contribution in [0.15, 0.2) is 18.5 Å². The molecule has 0 aliphatic rings. The zero-order valence-corrected chi connectivity index (χ0v) is 10.4. The molecule has 4 nitrogen and oxygen atoms in total. The Labute approximate surface area is 101 Å². The Morgan fingerprint density at radius 2 is 2.38 bits per heavy atom. The van der Waals surface area contributed by atoms with E-state index in [4.69, 9.17) is 22.2 Å². The topological polar surface area (TPSA) is 60.2 Å². The Morgan fingerprint density at radius 3 is 2.94 bits per heavy atom. The summed E-state index contributed by atoms with van der Waals surface area (Å²) in [5.74, 6) is 5.91. The first kappa shape index (κ1) is 13.4. The monoisotopic (exact) mass is 243 g/mol. The summed E-state index contributed by atoms with van der Waals surface area (Å²) in [6, 6.07) is 1.90. The third kappa shape index (κ3) is 3.42. The number of hydrazine groups is 1. The molecule has 0 saturated heterocycles. The van der Waals surface area contributed by atoms with E-state index < -0.39 is 0 Å². The highest BCUT2D eigenvalue weighted by Gasteiger charge is 2.19. The molecule has 0 aliphatic carbocycles. The van der Waals surface area contributed by atoms with Gasteiger partial charge in [-0.05, 0) is 24.0 Å². The van der Waals surface area contributed by atoms with Gasteiger partial charge in [0.1, 0.15) is 0 Å². The van der Waals surface area contributed by atoms with Crippen molar-refractivity contribution in [3.05, 3.63) is 29.0 Å². The highest BCUT2D eigenvalue weighted by atomic mass is 35.5. The fourth-order valence-electron chi connectivity index (χ4n) is 1.67. The fourth-order valence-corrected chi connectivity index (χ4v) is 1.91. The van der Waals surface area contributed by atoms with E-state index in [2.05, 4.69) is 17.3 Å². The molecular formula is C11H18ClN3O. The van der Waals surface area contributed by atoms with Crippen LogP contribution in [0.1, 0.15) is 24.9 Å². The van der Waals surface area contributed by atoms with Gasteiger partial charge in [-0.15, -0.1) is 0 Å². The molecule has 1 aromatic heterocycles. The minimum absolute atomic E-state index is 0.0191. The minimum atomic E-state index is 0.0191. The van der Waals surface area contributed by atoms with Gasteiger partial charge in [0.25, 0.3) is 0 Å². The van der Waals surface area contributed by atoms with Gasteiger partial charge in [-0.3, -0.25) is 16.3 Å². The Hall–Kier alpha value is -0.680. The molecule has 90 valence electrons. The van der Waals surface area contributed by atoms with Crippen LogP contribution < -0.4 is 11.3 Å². The highest BCUT2D eigenvalue weighted by molar-refractivity contribution is 6.31. The SMILES string of the molecule is COCCC(C)C(NN)c1ccncc1Cl. The molecule has 0 aliphatic heterocycles. The van der Waals surface area contributed by atoms with Crippen molar-refractivity contribution < 1.29 is 4.74 Å². The van der Waals surface area contributed by atoms with Gasteiger partial charge in [-0.2, -0.15) is 0 Å². The summed E-state index contributed by atoms with van der Waals surface area (Å²) in [5.41, 5.74) is 3.77. The van der Waals surface area contributed by atoms with Crippen LogP contribution in [0.4, 0.5) is 0 Å². The normalized spacial score (nSPS) is 14.8.